The van der Waals surface area contributed by atoms with Gasteiger partial charge in [0.05, 0.1) is 11.0 Å². The molecule has 1 N–H and O–H groups in total. The van der Waals surface area contributed by atoms with Gasteiger partial charge in [-0.1, -0.05) is 0 Å². The summed E-state index contributed by atoms with van der Waals surface area (Å²) in [4.78, 5) is 11.4. The van der Waals surface area contributed by atoms with Crippen molar-refractivity contribution >= 4 is 11.4 Å². The molecule has 0 aliphatic carbocycles. The lowest BCUT2D eigenvalue weighted by Gasteiger charge is -2.21. The number of nitro benzene ring substituents is 1. The molecule has 1 saturated heterocycles. The Labute approximate surface area is 119 Å². The normalized spacial score (nSPS) is 20.6. The van der Waals surface area contributed by atoms with E-state index >= 15 is 0 Å². The third-order valence-corrected chi connectivity index (χ3v) is 3.75. The number of hydrogen-bond donors (Lipinski definition) is 1. The van der Waals surface area contributed by atoms with Crippen LogP contribution in [0.2, 0.25) is 0 Å². The molecular formula is C13H15F3N2O3. The van der Waals surface area contributed by atoms with E-state index in [0.29, 0.717) is 19.5 Å². The minimum atomic E-state index is -4.78. The lowest BCUT2D eigenvalue weighted by molar-refractivity contribution is -0.388. The van der Waals surface area contributed by atoms with Crippen molar-refractivity contribution in [2.24, 2.45) is 5.92 Å². The number of anilines is 1. The molecule has 0 bridgehead atoms. The highest BCUT2D eigenvalue weighted by molar-refractivity contribution is 5.57. The van der Waals surface area contributed by atoms with Crippen molar-refractivity contribution in [1.82, 2.24) is 0 Å². The van der Waals surface area contributed by atoms with Gasteiger partial charge in [0.2, 0.25) is 0 Å². The maximum atomic E-state index is 12.9. The Balaban J connectivity index is 2.33. The van der Waals surface area contributed by atoms with Crippen molar-refractivity contribution in [2.45, 2.75) is 25.6 Å². The molecule has 1 fully saturated rings. The van der Waals surface area contributed by atoms with Crippen LogP contribution in [0.25, 0.3) is 0 Å². The summed E-state index contributed by atoms with van der Waals surface area (Å²) in [6.45, 7) is 2.60. The molecule has 0 aromatic heterocycles. The molecule has 2 atom stereocenters. The fraction of sp³-hybridized carbons (Fsp3) is 0.538. The zero-order valence-corrected chi connectivity index (χ0v) is 11.3. The van der Waals surface area contributed by atoms with Crippen LogP contribution in [-0.2, 0) is 6.18 Å². The van der Waals surface area contributed by atoms with Crippen LogP contribution in [0.4, 0.5) is 24.5 Å². The number of nitro groups is 1. The van der Waals surface area contributed by atoms with E-state index in [2.05, 4.69) is 0 Å². The highest BCUT2D eigenvalue weighted by atomic mass is 19.4. The number of aliphatic hydroxyl groups is 1. The van der Waals surface area contributed by atoms with Gasteiger partial charge in [-0.15, -0.1) is 0 Å². The first kappa shape index (κ1) is 15.6. The van der Waals surface area contributed by atoms with Crippen LogP contribution in [0.15, 0.2) is 18.2 Å². The van der Waals surface area contributed by atoms with Gasteiger partial charge in [-0.2, -0.15) is 13.2 Å². The van der Waals surface area contributed by atoms with E-state index in [1.807, 2.05) is 0 Å². The number of halogens is 3. The first-order valence-corrected chi connectivity index (χ1v) is 6.49. The molecule has 0 amide bonds. The fourth-order valence-corrected chi connectivity index (χ4v) is 2.52. The van der Waals surface area contributed by atoms with Crippen LogP contribution in [-0.4, -0.2) is 29.2 Å². The Bertz CT molecular complexity index is 546. The quantitative estimate of drug-likeness (QED) is 0.689. The van der Waals surface area contributed by atoms with Gasteiger partial charge in [0.25, 0.3) is 5.69 Å². The number of rotatable bonds is 3. The molecule has 0 spiro atoms. The Morgan fingerprint density at radius 3 is 2.62 bits per heavy atom. The van der Waals surface area contributed by atoms with Gasteiger partial charge in [0, 0.05) is 30.8 Å². The topological polar surface area (TPSA) is 66.6 Å². The predicted molar refractivity (Wildman–Crippen MR) is 70.1 cm³/mol. The van der Waals surface area contributed by atoms with E-state index < -0.39 is 28.5 Å². The molecular weight excluding hydrogens is 289 g/mol. The van der Waals surface area contributed by atoms with Crippen LogP contribution in [0, 0.1) is 16.0 Å². The summed E-state index contributed by atoms with van der Waals surface area (Å²) in [5.41, 5.74) is -1.90. The SMILES string of the molecule is CC(O)C1CCN(c2ccc([N+](=O)[O-])c(C(F)(F)F)c2)C1. The van der Waals surface area contributed by atoms with Crippen molar-refractivity contribution in [3.8, 4) is 0 Å². The molecule has 1 aliphatic rings. The van der Waals surface area contributed by atoms with Crippen molar-refractivity contribution in [3.05, 3.63) is 33.9 Å². The number of aliphatic hydroxyl groups excluding tert-OH is 1. The summed E-state index contributed by atoms with van der Waals surface area (Å²) in [7, 11) is 0. The monoisotopic (exact) mass is 304 g/mol. The van der Waals surface area contributed by atoms with E-state index in [1.54, 1.807) is 11.8 Å². The average Bonchev–Trinajstić information content (AvgIpc) is 2.86. The molecule has 0 saturated carbocycles. The van der Waals surface area contributed by atoms with Gasteiger partial charge >= 0.3 is 6.18 Å². The molecule has 1 aliphatic heterocycles. The Morgan fingerprint density at radius 2 is 2.14 bits per heavy atom. The first-order valence-electron chi connectivity index (χ1n) is 6.49. The standard InChI is InChI=1S/C13H15F3N2O3/c1-8(19)9-4-5-17(7-9)10-2-3-12(18(20)21)11(6-10)13(14,15)16/h2-3,6,8-9,19H,4-5,7H2,1H3. The van der Waals surface area contributed by atoms with Crippen LogP contribution in [0.1, 0.15) is 18.9 Å². The summed E-state index contributed by atoms with van der Waals surface area (Å²) in [6.07, 6.45) is -4.63. The van der Waals surface area contributed by atoms with Crippen molar-refractivity contribution in [3.63, 3.8) is 0 Å². The fourth-order valence-electron chi connectivity index (χ4n) is 2.52. The second-order valence-electron chi connectivity index (χ2n) is 5.19. The molecule has 2 unspecified atom stereocenters. The van der Waals surface area contributed by atoms with Gasteiger partial charge in [-0.3, -0.25) is 10.1 Å². The molecule has 1 aromatic carbocycles. The molecule has 1 heterocycles. The van der Waals surface area contributed by atoms with E-state index in [-0.39, 0.29) is 11.6 Å². The largest absolute Gasteiger partial charge is 0.423 e. The zero-order chi connectivity index (χ0) is 15.8. The van der Waals surface area contributed by atoms with Gasteiger partial charge in [-0.25, -0.2) is 0 Å². The number of alkyl halides is 3. The van der Waals surface area contributed by atoms with E-state index in [0.717, 1.165) is 12.1 Å². The lowest BCUT2D eigenvalue weighted by atomic mass is 10.0. The number of benzene rings is 1. The van der Waals surface area contributed by atoms with E-state index in [4.69, 9.17) is 0 Å². The summed E-state index contributed by atoms with van der Waals surface area (Å²) < 4.78 is 38.8. The molecule has 2 rings (SSSR count). The molecule has 1 aromatic rings. The first-order chi connectivity index (χ1) is 9.70. The number of hydrogen-bond acceptors (Lipinski definition) is 4. The van der Waals surface area contributed by atoms with Crippen molar-refractivity contribution in [1.29, 1.82) is 0 Å². The van der Waals surface area contributed by atoms with Crippen LogP contribution < -0.4 is 4.90 Å². The maximum absolute atomic E-state index is 12.9. The Kier molecular flexibility index (Phi) is 4.08. The third kappa shape index (κ3) is 3.26. The summed E-state index contributed by atoms with van der Waals surface area (Å²) in [5.74, 6) is -0.00507. The predicted octanol–water partition coefficient (Wildman–Crippen LogP) is 2.82. The zero-order valence-electron chi connectivity index (χ0n) is 11.3. The lowest BCUT2D eigenvalue weighted by Crippen LogP contribution is -2.24. The molecule has 116 valence electrons. The molecule has 5 nitrogen and oxygen atoms in total. The Hall–Kier alpha value is -1.83. The highest BCUT2D eigenvalue weighted by Gasteiger charge is 2.39. The van der Waals surface area contributed by atoms with Gasteiger partial charge in [0.15, 0.2) is 0 Å². The van der Waals surface area contributed by atoms with Crippen LogP contribution in [0.5, 0.6) is 0 Å². The highest BCUT2D eigenvalue weighted by Crippen LogP contribution is 2.39. The summed E-state index contributed by atoms with van der Waals surface area (Å²) in [5, 5.41) is 20.2. The van der Waals surface area contributed by atoms with Crippen molar-refractivity contribution < 1.29 is 23.2 Å². The molecule has 8 heteroatoms. The second kappa shape index (κ2) is 5.51. The van der Waals surface area contributed by atoms with E-state index in [9.17, 15) is 28.4 Å². The van der Waals surface area contributed by atoms with Gasteiger partial charge in [0.1, 0.15) is 5.56 Å². The van der Waals surface area contributed by atoms with Crippen LogP contribution >= 0.6 is 0 Å². The number of nitrogens with zero attached hydrogens (tertiary/aromatic N) is 2. The minimum absolute atomic E-state index is 0.00507. The second-order valence-corrected chi connectivity index (χ2v) is 5.19. The van der Waals surface area contributed by atoms with Gasteiger partial charge in [-0.05, 0) is 25.5 Å². The molecule has 21 heavy (non-hydrogen) atoms. The van der Waals surface area contributed by atoms with E-state index in [1.165, 1.54) is 6.07 Å². The smallest absolute Gasteiger partial charge is 0.393 e. The summed E-state index contributed by atoms with van der Waals surface area (Å²) >= 11 is 0. The maximum Gasteiger partial charge on any atom is 0.423 e. The average molecular weight is 304 g/mol. The van der Waals surface area contributed by atoms with Crippen LogP contribution in [0.3, 0.4) is 0 Å². The van der Waals surface area contributed by atoms with Gasteiger partial charge < -0.3 is 10.0 Å². The minimum Gasteiger partial charge on any atom is -0.393 e. The molecule has 0 radical (unpaired) electrons. The summed E-state index contributed by atoms with van der Waals surface area (Å²) in [6, 6.07) is 3.01. The third-order valence-electron chi connectivity index (χ3n) is 3.75. The Morgan fingerprint density at radius 1 is 1.48 bits per heavy atom. The van der Waals surface area contributed by atoms with Crippen molar-refractivity contribution in [2.75, 3.05) is 18.0 Å².